The van der Waals surface area contributed by atoms with Crippen molar-refractivity contribution >= 4 is 28.2 Å². The number of esters is 1. The maximum absolute atomic E-state index is 13.0. The van der Waals surface area contributed by atoms with Crippen molar-refractivity contribution in [1.82, 2.24) is 4.98 Å². The predicted octanol–water partition coefficient (Wildman–Crippen LogP) is 1.07. The average molecular weight is 232 g/mol. The monoisotopic (exact) mass is 232 g/mol. The molecule has 0 fully saturated rings. The smallest absolute Gasteiger partial charge is 0.352 e. The standard InChI is InChI=1S/C8H9FN2O3S/c1-4(12)3-10-8-11-6(9)5(15-8)7(13)14-2/h3H2,1-2H3,(H,10,11). The molecule has 1 aromatic rings. The molecule has 0 aliphatic carbocycles. The number of anilines is 1. The molecule has 0 radical (unpaired) electrons. The molecule has 0 aromatic carbocycles. The molecule has 0 aliphatic heterocycles. The SMILES string of the molecule is COC(=O)c1sc(NCC(C)=O)nc1F. The third kappa shape index (κ3) is 2.98. The zero-order valence-electron chi connectivity index (χ0n) is 8.17. The van der Waals surface area contributed by atoms with Crippen molar-refractivity contribution in [2.45, 2.75) is 6.92 Å². The summed E-state index contributed by atoms with van der Waals surface area (Å²) in [6.45, 7) is 1.44. The van der Waals surface area contributed by atoms with Gasteiger partial charge in [-0.15, -0.1) is 0 Å². The number of halogens is 1. The van der Waals surface area contributed by atoms with Crippen LogP contribution in [0.4, 0.5) is 9.52 Å². The number of carbonyl (C=O) groups is 2. The summed E-state index contributed by atoms with van der Waals surface area (Å²) in [5, 5.41) is 2.78. The van der Waals surface area contributed by atoms with E-state index in [9.17, 15) is 14.0 Å². The fourth-order valence-corrected chi connectivity index (χ4v) is 1.56. The number of hydrogen-bond donors (Lipinski definition) is 1. The number of rotatable bonds is 4. The second kappa shape index (κ2) is 4.83. The van der Waals surface area contributed by atoms with E-state index in [1.807, 2.05) is 0 Å². The topological polar surface area (TPSA) is 68.3 Å². The summed E-state index contributed by atoms with van der Waals surface area (Å²) in [6.07, 6.45) is 0. The molecule has 1 rings (SSSR count). The lowest BCUT2D eigenvalue weighted by Crippen LogP contribution is -2.09. The highest BCUT2D eigenvalue weighted by molar-refractivity contribution is 7.17. The van der Waals surface area contributed by atoms with Gasteiger partial charge in [0, 0.05) is 0 Å². The van der Waals surface area contributed by atoms with Crippen molar-refractivity contribution in [3.05, 3.63) is 10.8 Å². The van der Waals surface area contributed by atoms with Crippen LogP contribution in [-0.2, 0) is 9.53 Å². The molecule has 0 aliphatic rings. The molecule has 0 bridgehead atoms. The summed E-state index contributed by atoms with van der Waals surface area (Å²) >= 11 is 0.810. The number of nitrogens with zero attached hydrogens (tertiary/aromatic N) is 1. The zero-order chi connectivity index (χ0) is 11.4. The molecule has 1 N–H and O–H groups in total. The molecule has 0 saturated carbocycles. The van der Waals surface area contributed by atoms with E-state index in [2.05, 4.69) is 15.0 Å². The van der Waals surface area contributed by atoms with Crippen LogP contribution in [0.25, 0.3) is 0 Å². The first-order chi connectivity index (χ1) is 7.04. The largest absolute Gasteiger partial charge is 0.465 e. The Morgan fingerprint density at radius 3 is 2.80 bits per heavy atom. The Labute approximate surface area is 89.3 Å². The van der Waals surface area contributed by atoms with Gasteiger partial charge < -0.3 is 10.1 Å². The summed E-state index contributed by atoms with van der Waals surface area (Å²) in [5.74, 6) is -1.77. The van der Waals surface area contributed by atoms with Crippen LogP contribution < -0.4 is 5.32 Å². The Hall–Kier alpha value is -1.50. The minimum absolute atomic E-state index is 0.0492. The first-order valence-corrected chi connectivity index (χ1v) is 4.84. The minimum atomic E-state index is -0.891. The van der Waals surface area contributed by atoms with Crippen LogP contribution in [0, 0.1) is 5.95 Å². The quantitative estimate of drug-likeness (QED) is 0.786. The van der Waals surface area contributed by atoms with Crippen LogP contribution in [0.1, 0.15) is 16.6 Å². The predicted molar refractivity (Wildman–Crippen MR) is 52.6 cm³/mol. The Balaban J connectivity index is 2.76. The first-order valence-electron chi connectivity index (χ1n) is 4.02. The van der Waals surface area contributed by atoms with E-state index in [1.54, 1.807) is 0 Å². The van der Waals surface area contributed by atoms with E-state index in [0.29, 0.717) is 0 Å². The van der Waals surface area contributed by atoms with Crippen LogP contribution in [0.5, 0.6) is 0 Å². The number of ketones is 1. The van der Waals surface area contributed by atoms with Gasteiger partial charge in [-0.1, -0.05) is 11.3 Å². The van der Waals surface area contributed by atoms with Gasteiger partial charge >= 0.3 is 5.97 Å². The molecule has 15 heavy (non-hydrogen) atoms. The fourth-order valence-electron chi connectivity index (χ4n) is 0.796. The molecule has 0 unspecified atom stereocenters. The Kier molecular flexibility index (Phi) is 3.73. The molecule has 0 atom stereocenters. The molecule has 0 saturated heterocycles. The van der Waals surface area contributed by atoms with Crippen molar-refractivity contribution in [3.8, 4) is 0 Å². The highest BCUT2D eigenvalue weighted by Gasteiger charge is 2.18. The van der Waals surface area contributed by atoms with E-state index in [-0.39, 0.29) is 22.3 Å². The number of ether oxygens (including phenoxy) is 1. The third-order valence-electron chi connectivity index (χ3n) is 1.45. The molecule has 82 valence electrons. The highest BCUT2D eigenvalue weighted by atomic mass is 32.1. The van der Waals surface area contributed by atoms with Crippen molar-refractivity contribution in [2.75, 3.05) is 19.0 Å². The van der Waals surface area contributed by atoms with Crippen molar-refractivity contribution < 1.29 is 18.7 Å². The second-order valence-electron chi connectivity index (χ2n) is 2.69. The van der Waals surface area contributed by atoms with Gasteiger partial charge in [0.1, 0.15) is 5.78 Å². The summed E-state index contributed by atoms with van der Waals surface area (Å²) in [4.78, 5) is 24.9. The summed E-state index contributed by atoms with van der Waals surface area (Å²) in [5.41, 5.74) is 0. The molecule has 1 aromatic heterocycles. The number of aromatic nitrogens is 1. The molecule has 7 heteroatoms. The molecule has 0 spiro atoms. The number of Topliss-reactive ketones (excluding diaryl/α,β-unsaturated/α-hetero) is 1. The van der Waals surface area contributed by atoms with Gasteiger partial charge in [-0.3, -0.25) is 4.79 Å². The number of thiazole rings is 1. The molecular weight excluding hydrogens is 223 g/mol. The average Bonchev–Trinajstić information content (AvgIpc) is 2.55. The maximum atomic E-state index is 13.0. The van der Waals surface area contributed by atoms with Gasteiger partial charge in [0.25, 0.3) is 0 Å². The summed E-state index contributed by atoms with van der Waals surface area (Å²) in [7, 11) is 1.16. The van der Waals surface area contributed by atoms with Crippen LogP contribution >= 0.6 is 11.3 Å². The zero-order valence-corrected chi connectivity index (χ0v) is 8.98. The van der Waals surface area contributed by atoms with Gasteiger partial charge in [0.05, 0.1) is 13.7 Å². The lowest BCUT2D eigenvalue weighted by atomic mass is 10.4. The van der Waals surface area contributed by atoms with Crippen LogP contribution in [0.3, 0.4) is 0 Å². The van der Waals surface area contributed by atoms with Crippen LogP contribution in [0.2, 0.25) is 0 Å². The van der Waals surface area contributed by atoms with Crippen molar-refractivity contribution in [3.63, 3.8) is 0 Å². The van der Waals surface area contributed by atoms with Crippen LogP contribution in [-0.4, -0.2) is 30.4 Å². The summed E-state index contributed by atoms with van der Waals surface area (Å²) < 4.78 is 17.4. The Morgan fingerprint density at radius 1 is 1.60 bits per heavy atom. The van der Waals surface area contributed by atoms with Crippen molar-refractivity contribution in [1.29, 1.82) is 0 Å². The molecule has 1 heterocycles. The summed E-state index contributed by atoms with van der Waals surface area (Å²) in [6, 6.07) is 0. The minimum Gasteiger partial charge on any atom is -0.465 e. The van der Waals surface area contributed by atoms with Gasteiger partial charge in [0.15, 0.2) is 10.0 Å². The number of nitrogens with one attached hydrogen (secondary N) is 1. The van der Waals surface area contributed by atoms with Gasteiger partial charge in [-0.25, -0.2) is 4.79 Å². The van der Waals surface area contributed by atoms with Crippen molar-refractivity contribution in [2.24, 2.45) is 0 Å². The van der Waals surface area contributed by atoms with Gasteiger partial charge in [0.2, 0.25) is 5.95 Å². The fraction of sp³-hybridized carbons (Fsp3) is 0.375. The number of methoxy groups -OCH3 is 1. The number of carbonyl (C=O) groups excluding carboxylic acids is 2. The lowest BCUT2D eigenvalue weighted by Gasteiger charge is -1.95. The highest BCUT2D eigenvalue weighted by Crippen LogP contribution is 2.22. The van der Waals surface area contributed by atoms with E-state index in [4.69, 9.17) is 0 Å². The molecule has 0 amide bonds. The Morgan fingerprint density at radius 2 is 2.27 bits per heavy atom. The molecular formula is C8H9FN2O3S. The third-order valence-corrected chi connectivity index (χ3v) is 2.41. The van der Waals surface area contributed by atoms with E-state index < -0.39 is 11.9 Å². The normalized spacial score (nSPS) is 9.80. The number of hydrogen-bond acceptors (Lipinski definition) is 6. The van der Waals surface area contributed by atoms with E-state index in [1.165, 1.54) is 6.92 Å². The van der Waals surface area contributed by atoms with Crippen LogP contribution in [0.15, 0.2) is 0 Å². The lowest BCUT2D eigenvalue weighted by molar-refractivity contribution is -0.115. The van der Waals surface area contributed by atoms with E-state index >= 15 is 0 Å². The second-order valence-corrected chi connectivity index (χ2v) is 3.69. The Bertz CT molecular complexity index is 391. The molecule has 5 nitrogen and oxygen atoms in total. The van der Waals surface area contributed by atoms with Gasteiger partial charge in [-0.05, 0) is 6.92 Å². The van der Waals surface area contributed by atoms with E-state index in [0.717, 1.165) is 18.4 Å². The first kappa shape index (κ1) is 11.6. The van der Waals surface area contributed by atoms with Gasteiger partial charge in [-0.2, -0.15) is 9.37 Å². The maximum Gasteiger partial charge on any atom is 0.352 e.